The molecule has 2 aromatic rings. The number of carboxylic acid groups (broad SMARTS) is 1. The molecule has 1 aromatic heterocycles. The van der Waals surface area contributed by atoms with Crippen molar-refractivity contribution in [3.05, 3.63) is 50.4 Å². The van der Waals surface area contributed by atoms with Crippen LogP contribution in [0, 0.1) is 0 Å². The molecule has 0 bridgehead atoms. The normalized spacial score (nSPS) is 11.0. The van der Waals surface area contributed by atoms with Crippen LogP contribution >= 0.6 is 22.9 Å². The highest BCUT2D eigenvalue weighted by Gasteiger charge is 2.16. The monoisotopic (exact) mass is 309 g/mol. The average Bonchev–Trinajstić information content (AvgIpc) is 2.74. The third-order valence-electron chi connectivity index (χ3n) is 2.90. The zero-order valence-electron chi connectivity index (χ0n) is 11.4. The quantitative estimate of drug-likeness (QED) is 0.903. The molecule has 20 heavy (non-hydrogen) atoms. The summed E-state index contributed by atoms with van der Waals surface area (Å²) >= 11 is 7.35. The minimum absolute atomic E-state index is 0.0474. The summed E-state index contributed by atoms with van der Waals surface area (Å²) in [6.07, 6.45) is 0.757. The van der Waals surface area contributed by atoms with Gasteiger partial charge in [0.05, 0.1) is 17.1 Å². The maximum absolute atomic E-state index is 10.9. The number of hydrogen-bond acceptors (Lipinski definition) is 3. The van der Waals surface area contributed by atoms with Gasteiger partial charge in [0.1, 0.15) is 0 Å². The lowest BCUT2D eigenvalue weighted by molar-refractivity contribution is -0.136. The Hall–Kier alpha value is -1.39. The molecule has 0 aliphatic heterocycles. The number of carboxylic acids is 1. The number of aliphatic carboxylic acids is 1. The number of hydrogen-bond donors (Lipinski definition) is 1. The molecular weight excluding hydrogens is 294 g/mol. The molecule has 0 aliphatic rings. The number of nitrogens with zero attached hydrogens (tertiary/aromatic N) is 1. The average molecular weight is 310 g/mol. The molecule has 1 aromatic carbocycles. The summed E-state index contributed by atoms with van der Waals surface area (Å²) in [5, 5.41) is 10.6. The van der Waals surface area contributed by atoms with Crippen LogP contribution in [0.4, 0.5) is 0 Å². The molecule has 1 heterocycles. The van der Waals surface area contributed by atoms with Gasteiger partial charge in [0.2, 0.25) is 0 Å². The number of carbonyl (C=O) groups is 1. The molecule has 0 saturated heterocycles. The van der Waals surface area contributed by atoms with Crippen LogP contribution in [0.15, 0.2) is 24.3 Å². The Labute approximate surface area is 127 Å². The van der Waals surface area contributed by atoms with Gasteiger partial charge >= 0.3 is 5.97 Å². The summed E-state index contributed by atoms with van der Waals surface area (Å²) in [4.78, 5) is 16.4. The SMILES string of the molecule is CC(C)c1nc(Cc2ccc(Cl)cc2)sc1CC(=O)O. The third-order valence-corrected chi connectivity index (χ3v) is 4.22. The van der Waals surface area contributed by atoms with Gasteiger partial charge in [0, 0.05) is 16.3 Å². The van der Waals surface area contributed by atoms with Gasteiger partial charge in [-0.25, -0.2) is 4.98 Å². The molecular formula is C15H16ClNO2S. The van der Waals surface area contributed by atoms with Gasteiger partial charge in [-0.05, 0) is 23.6 Å². The van der Waals surface area contributed by atoms with Crippen molar-refractivity contribution < 1.29 is 9.90 Å². The van der Waals surface area contributed by atoms with Crippen molar-refractivity contribution in [1.82, 2.24) is 4.98 Å². The summed E-state index contributed by atoms with van der Waals surface area (Å²) in [6.45, 7) is 4.07. The summed E-state index contributed by atoms with van der Waals surface area (Å²) in [7, 11) is 0. The molecule has 0 atom stereocenters. The predicted octanol–water partition coefficient (Wildman–Crippen LogP) is 4.14. The lowest BCUT2D eigenvalue weighted by Gasteiger charge is -2.02. The van der Waals surface area contributed by atoms with E-state index in [1.807, 2.05) is 38.1 Å². The molecule has 0 saturated carbocycles. The lowest BCUT2D eigenvalue weighted by Crippen LogP contribution is -2.02. The van der Waals surface area contributed by atoms with Crippen LogP contribution in [0.5, 0.6) is 0 Å². The van der Waals surface area contributed by atoms with Gasteiger partial charge in [-0.15, -0.1) is 11.3 Å². The van der Waals surface area contributed by atoms with Gasteiger partial charge in [0.15, 0.2) is 0 Å². The first-order chi connectivity index (χ1) is 9.45. The number of halogens is 1. The number of thiazole rings is 1. The maximum Gasteiger partial charge on any atom is 0.308 e. The van der Waals surface area contributed by atoms with Crippen LogP contribution in [0.1, 0.15) is 40.9 Å². The Kier molecular flexibility index (Phi) is 4.78. The van der Waals surface area contributed by atoms with Crippen LogP contribution in [-0.2, 0) is 17.6 Å². The smallest absolute Gasteiger partial charge is 0.308 e. The highest BCUT2D eigenvalue weighted by Crippen LogP contribution is 2.27. The van der Waals surface area contributed by atoms with Gasteiger partial charge in [-0.2, -0.15) is 0 Å². The molecule has 0 spiro atoms. The second-order valence-electron chi connectivity index (χ2n) is 4.94. The number of benzene rings is 1. The molecule has 3 nitrogen and oxygen atoms in total. The molecule has 0 aliphatic carbocycles. The fraction of sp³-hybridized carbons (Fsp3) is 0.333. The Morgan fingerprint density at radius 3 is 2.55 bits per heavy atom. The summed E-state index contributed by atoms with van der Waals surface area (Å²) in [5.74, 6) is -0.576. The summed E-state index contributed by atoms with van der Waals surface area (Å²) in [6, 6.07) is 7.64. The first-order valence-electron chi connectivity index (χ1n) is 6.40. The summed E-state index contributed by atoms with van der Waals surface area (Å²) in [5.41, 5.74) is 2.03. The van der Waals surface area contributed by atoms with E-state index in [9.17, 15) is 4.79 Å². The molecule has 106 valence electrons. The van der Waals surface area contributed by atoms with Gasteiger partial charge in [0.25, 0.3) is 0 Å². The Morgan fingerprint density at radius 1 is 1.35 bits per heavy atom. The molecule has 0 amide bonds. The van der Waals surface area contributed by atoms with Crippen molar-refractivity contribution in [2.24, 2.45) is 0 Å². The molecule has 5 heteroatoms. The molecule has 0 fully saturated rings. The lowest BCUT2D eigenvalue weighted by atomic mass is 10.1. The van der Waals surface area contributed by atoms with Crippen LogP contribution in [0.25, 0.3) is 0 Å². The van der Waals surface area contributed by atoms with E-state index in [4.69, 9.17) is 16.7 Å². The van der Waals surface area contributed by atoms with Crippen LogP contribution in [-0.4, -0.2) is 16.1 Å². The maximum atomic E-state index is 10.9. The fourth-order valence-electron chi connectivity index (χ4n) is 1.98. The minimum atomic E-state index is -0.811. The molecule has 1 N–H and O–H groups in total. The second-order valence-corrected chi connectivity index (χ2v) is 6.55. The van der Waals surface area contributed by atoms with Crippen molar-refractivity contribution in [2.75, 3.05) is 0 Å². The van der Waals surface area contributed by atoms with E-state index in [2.05, 4.69) is 4.98 Å². The van der Waals surface area contributed by atoms with E-state index >= 15 is 0 Å². The zero-order valence-corrected chi connectivity index (χ0v) is 13.0. The van der Waals surface area contributed by atoms with Crippen LogP contribution in [0.2, 0.25) is 5.02 Å². The number of rotatable bonds is 5. The highest BCUT2D eigenvalue weighted by molar-refractivity contribution is 7.11. The number of aromatic nitrogens is 1. The van der Waals surface area contributed by atoms with E-state index in [-0.39, 0.29) is 12.3 Å². The van der Waals surface area contributed by atoms with Crippen molar-refractivity contribution in [3.8, 4) is 0 Å². The molecule has 0 radical (unpaired) electrons. The second kappa shape index (κ2) is 6.37. The zero-order chi connectivity index (χ0) is 14.7. The van der Waals surface area contributed by atoms with Crippen molar-refractivity contribution in [3.63, 3.8) is 0 Å². The fourth-order valence-corrected chi connectivity index (χ4v) is 3.36. The standard InChI is InChI=1S/C15H16ClNO2S/c1-9(2)15-12(8-14(18)19)20-13(17-15)7-10-3-5-11(16)6-4-10/h3-6,9H,7-8H2,1-2H3,(H,18,19). The van der Waals surface area contributed by atoms with Gasteiger partial charge in [-0.3, -0.25) is 4.79 Å². The highest BCUT2D eigenvalue weighted by atomic mass is 35.5. The Balaban J connectivity index is 2.24. The molecule has 2 rings (SSSR count). The van der Waals surface area contributed by atoms with Crippen molar-refractivity contribution >= 4 is 28.9 Å². The van der Waals surface area contributed by atoms with Crippen LogP contribution < -0.4 is 0 Å². The topological polar surface area (TPSA) is 50.2 Å². The van der Waals surface area contributed by atoms with Gasteiger partial charge < -0.3 is 5.11 Å². The van der Waals surface area contributed by atoms with E-state index in [1.54, 1.807) is 0 Å². The Morgan fingerprint density at radius 2 is 2.00 bits per heavy atom. The Bertz CT molecular complexity index is 605. The van der Waals surface area contributed by atoms with Crippen molar-refractivity contribution in [2.45, 2.75) is 32.6 Å². The third kappa shape index (κ3) is 3.81. The van der Waals surface area contributed by atoms with Gasteiger partial charge in [-0.1, -0.05) is 37.6 Å². The van der Waals surface area contributed by atoms with Crippen molar-refractivity contribution in [1.29, 1.82) is 0 Å². The van der Waals surface area contributed by atoms with Crippen LogP contribution in [0.3, 0.4) is 0 Å². The molecule has 0 unspecified atom stereocenters. The predicted molar refractivity (Wildman–Crippen MR) is 81.8 cm³/mol. The first kappa shape index (κ1) is 15.0. The summed E-state index contributed by atoms with van der Waals surface area (Å²) < 4.78 is 0. The van der Waals surface area contributed by atoms with E-state index < -0.39 is 5.97 Å². The van der Waals surface area contributed by atoms with E-state index in [0.29, 0.717) is 11.4 Å². The van der Waals surface area contributed by atoms with E-state index in [1.165, 1.54) is 11.3 Å². The minimum Gasteiger partial charge on any atom is -0.481 e. The first-order valence-corrected chi connectivity index (χ1v) is 7.60. The van der Waals surface area contributed by atoms with E-state index in [0.717, 1.165) is 21.1 Å². The largest absolute Gasteiger partial charge is 0.481 e.